The van der Waals surface area contributed by atoms with Gasteiger partial charge in [-0.05, 0) is 181 Å². The summed E-state index contributed by atoms with van der Waals surface area (Å²) in [5.41, 5.74) is 2.32. The molecule has 16 atom stereocenters. The molecule has 9 aliphatic heterocycles. The molecular formula is C72H84N8O6. The van der Waals surface area contributed by atoms with Gasteiger partial charge >= 0.3 is 0 Å². The molecule has 4 spiro atoms. The number of nitrogens with zero attached hydrogens (tertiary/aromatic N) is 6. The van der Waals surface area contributed by atoms with Crippen LogP contribution in [-0.4, -0.2) is 171 Å². The molecule has 11 aliphatic rings. The van der Waals surface area contributed by atoms with E-state index in [1.54, 1.807) is 0 Å². The maximum Gasteiger partial charge on any atom is 0.142 e. The Labute approximate surface area is 504 Å². The summed E-state index contributed by atoms with van der Waals surface area (Å²) in [6, 6.07) is 20.5. The zero-order valence-corrected chi connectivity index (χ0v) is 49.6. The summed E-state index contributed by atoms with van der Waals surface area (Å²) in [6.07, 6.45) is 35.5. The van der Waals surface area contributed by atoms with Crippen LogP contribution in [0.4, 0.5) is 0 Å². The van der Waals surface area contributed by atoms with Crippen molar-refractivity contribution in [2.75, 3.05) is 52.4 Å². The first kappa shape index (κ1) is 54.5. The van der Waals surface area contributed by atoms with E-state index in [4.69, 9.17) is 19.4 Å². The van der Waals surface area contributed by atoms with Crippen molar-refractivity contribution in [2.24, 2.45) is 22.7 Å². The van der Waals surface area contributed by atoms with Crippen LogP contribution >= 0.6 is 0 Å². The number of fused-ring (bicyclic) bond motifs is 10. The molecule has 14 heteroatoms. The fourth-order valence-corrected chi connectivity index (χ4v) is 20.2. The average Bonchev–Trinajstić information content (AvgIpc) is 1.49. The molecule has 13 heterocycles. The summed E-state index contributed by atoms with van der Waals surface area (Å²) in [4.78, 5) is 28.4. The number of nitrogens with one attached hydrogen (secondary N) is 2. The molecule has 10 bridgehead atoms. The predicted octanol–water partition coefficient (Wildman–Crippen LogP) is 10.3. The highest BCUT2D eigenvalue weighted by atomic mass is 16.6. The molecule has 6 N–H and O–H groups in total. The number of aliphatic hydroxyl groups excluding tert-OH is 2. The highest BCUT2D eigenvalue weighted by Crippen LogP contribution is 2.68. The fourth-order valence-electron chi connectivity index (χ4n) is 20.2. The normalized spacial score (nSPS) is 42.4. The van der Waals surface area contributed by atoms with Crippen LogP contribution in [0.3, 0.4) is 0 Å². The molecule has 4 aromatic heterocycles. The Kier molecular flexibility index (Phi) is 13.0. The van der Waals surface area contributed by atoms with Crippen molar-refractivity contribution in [1.29, 1.82) is 0 Å². The Hall–Kier alpha value is -5.62. The molecule has 4 saturated heterocycles. The van der Waals surface area contributed by atoms with Crippen LogP contribution in [-0.2, 0) is 9.47 Å². The van der Waals surface area contributed by atoms with Gasteiger partial charge in [-0.1, -0.05) is 72.9 Å². The first-order valence-electron chi connectivity index (χ1n) is 33.0. The smallest absolute Gasteiger partial charge is 0.142 e. The number of rotatable bonds is 2. The van der Waals surface area contributed by atoms with Crippen LogP contribution in [0.1, 0.15) is 114 Å². The second-order valence-electron chi connectivity index (χ2n) is 28.2. The molecule has 7 unspecified atom stereocenters. The van der Waals surface area contributed by atoms with Crippen LogP contribution in [0.5, 0.6) is 0 Å². The molecule has 0 radical (unpaired) electrons. The molecule has 2 aliphatic carbocycles. The van der Waals surface area contributed by atoms with Crippen molar-refractivity contribution < 1.29 is 29.9 Å². The monoisotopic (exact) mass is 1160 g/mol. The van der Waals surface area contributed by atoms with Gasteiger partial charge in [-0.3, -0.25) is 19.8 Å². The number of pyridine rings is 2. The highest BCUT2D eigenvalue weighted by molar-refractivity contribution is 6.11. The number of hydrogen-bond donors (Lipinski definition) is 6. The Morgan fingerprint density at radius 3 is 1.57 bits per heavy atom. The summed E-state index contributed by atoms with van der Waals surface area (Å²) in [6.45, 7) is 6.19. The summed E-state index contributed by atoms with van der Waals surface area (Å²) in [7, 11) is 0. The first-order chi connectivity index (χ1) is 42.0. The molecule has 14 nitrogen and oxygen atoms in total. The van der Waals surface area contributed by atoms with E-state index in [1.807, 2.05) is 12.4 Å². The van der Waals surface area contributed by atoms with Crippen LogP contribution in [0.25, 0.3) is 54.8 Å². The largest absolute Gasteiger partial charge is 0.390 e. The van der Waals surface area contributed by atoms with E-state index < -0.39 is 57.9 Å². The number of ether oxygens (including phenoxy) is 2. The lowest BCUT2D eigenvalue weighted by atomic mass is 9.54. The SMILES string of the molecule is OC1CCN2C3[C@@]4(CN5CC/C=C\CCCC[C@@]3(O)C=C(c3nccc6c3[nH]c3ccccc36)[C@H]4CC5)CC23/C=C\C1O[C@@]12/C=C\[C@H](O3)[C@H](O)CCN1C1[C@]3(CN4CCCC/C=C\CC[C@]1(O)C=C(c1nccc5c1[nH]c1ccccc15)[C@@H]3CC4)C2. The Balaban J connectivity index is 0.809. The van der Waals surface area contributed by atoms with Gasteiger partial charge in [0.2, 0.25) is 0 Å². The van der Waals surface area contributed by atoms with Crippen LogP contribution in [0.15, 0.2) is 134 Å². The second-order valence-corrected chi connectivity index (χ2v) is 28.2. The minimum Gasteiger partial charge on any atom is -0.390 e. The van der Waals surface area contributed by atoms with Crippen molar-refractivity contribution in [3.63, 3.8) is 0 Å². The van der Waals surface area contributed by atoms with Crippen molar-refractivity contribution >= 4 is 54.8 Å². The number of aromatic nitrogens is 4. The number of allylic oxidation sites excluding steroid dienone is 5. The lowest BCUT2D eigenvalue weighted by Crippen LogP contribution is -2.67. The standard InChI is InChI=1S/C72H84N8O6/c81-57-27-39-79-65-67(45-77-35-15-7-3-1-5-13-29-69(65,83)41-51(53(67)25-37-77)61-63-49(23-33-73-61)47-17-9-11-19-55(47)75-63)43-71(79)31-21-60(57)86-72-32-22-59(85-71)58(82)28-40-80(72)66-68(44-72)46-78-36-16-8-4-2-6-14-30-70(66,84)42-52(54(68)26-38-78)62-64-50(24-34-74-62)48-18-10-12-20-56(48)76-64/h1,4-5,8-12,17-24,31-34,41-42,53-54,57-60,65-66,75-76,81-84H,2-3,6-7,13-16,25-30,35-40,43-46H2/b5-1-,8-4-,31-21-,32-22-/t53-,54+,57+,58?,59?,60-,65?,66?,67-,68+,69-,70+,71+,72?/m0/s1. The van der Waals surface area contributed by atoms with E-state index in [2.05, 4.69) is 151 Å². The molecule has 448 valence electrons. The zero-order chi connectivity index (χ0) is 57.6. The van der Waals surface area contributed by atoms with Crippen molar-refractivity contribution in [3.05, 3.63) is 145 Å². The Morgan fingerprint density at radius 2 is 1.00 bits per heavy atom. The van der Waals surface area contributed by atoms with Gasteiger partial charge in [0, 0.05) is 101 Å². The summed E-state index contributed by atoms with van der Waals surface area (Å²) < 4.78 is 16.0. The van der Waals surface area contributed by atoms with E-state index in [0.29, 0.717) is 58.0 Å². The van der Waals surface area contributed by atoms with Gasteiger partial charge in [0.25, 0.3) is 0 Å². The maximum absolute atomic E-state index is 14.2. The molecule has 0 amide bonds. The molecule has 0 saturated carbocycles. The third kappa shape index (κ3) is 8.26. The van der Waals surface area contributed by atoms with Gasteiger partial charge < -0.3 is 49.7 Å². The molecule has 4 fully saturated rings. The Morgan fingerprint density at radius 1 is 0.500 bits per heavy atom. The van der Waals surface area contributed by atoms with Gasteiger partial charge in [-0.15, -0.1) is 0 Å². The maximum atomic E-state index is 14.2. The van der Waals surface area contributed by atoms with Crippen molar-refractivity contribution in [2.45, 2.75) is 162 Å². The van der Waals surface area contributed by atoms with Gasteiger partial charge in [0.1, 0.15) is 23.7 Å². The highest BCUT2D eigenvalue weighted by Gasteiger charge is 2.73. The third-order valence-electron chi connectivity index (χ3n) is 23.5. The molecule has 6 aromatic rings. The molecule has 2 aromatic carbocycles. The lowest BCUT2D eigenvalue weighted by molar-refractivity contribution is -0.206. The minimum atomic E-state index is -1.32. The van der Waals surface area contributed by atoms with Crippen molar-refractivity contribution in [1.82, 2.24) is 39.5 Å². The molecule has 86 heavy (non-hydrogen) atoms. The van der Waals surface area contributed by atoms with Gasteiger partial charge in [0.15, 0.2) is 0 Å². The van der Waals surface area contributed by atoms with E-state index in [0.717, 1.165) is 163 Å². The lowest BCUT2D eigenvalue weighted by Gasteiger charge is -2.58. The number of para-hydroxylation sites is 2. The number of hydrogen-bond acceptors (Lipinski definition) is 12. The third-order valence-corrected chi connectivity index (χ3v) is 23.5. The van der Waals surface area contributed by atoms with Gasteiger partial charge in [0.05, 0.1) is 57.9 Å². The van der Waals surface area contributed by atoms with Crippen LogP contribution in [0, 0.1) is 22.7 Å². The van der Waals surface area contributed by atoms with Gasteiger partial charge in [-0.2, -0.15) is 0 Å². The average molecular weight is 1160 g/mol. The second kappa shape index (κ2) is 20.5. The number of aromatic amines is 2. The summed E-state index contributed by atoms with van der Waals surface area (Å²) >= 11 is 0. The number of aliphatic hydroxyl groups is 4. The van der Waals surface area contributed by atoms with Crippen LogP contribution < -0.4 is 0 Å². The quantitative estimate of drug-likeness (QED) is 0.0909. The first-order valence-corrected chi connectivity index (χ1v) is 33.0. The summed E-state index contributed by atoms with van der Waals surface area (Å²) in [5.74, 6) is 0.0281. The fraction of sp³-hybridized carbons (Fsp3) is 0.528. The van der Waals surface area contributed by atoms with E-state index in [-0.39, 0.29) is 23.9 Å². The molecule has 17 rings (SSSR count). The minimum absolute atomic E-state index is 0.0138. The van der Waals surface area contributed by atoms with E-state index in [9.17, 15) is 20.4 Å². The summed E-state index contributed by atoms with van der Waals surface area (Å²) in [5, 5.41) is 59.3. The zero-order valence-electron chi connectivity index (χ0n) is 49.6. The number of benzene rings is 2. The van der Waals surface area contributed by atoms with Gasteiger partial charge in [-0.25, -0.2) is 0 Å². The topological polar surface area (TPSA) is 170 Å². The molecular weight excluding hydrogens is 1070 g/mol. The van der Waals surface area contributed by atoms with Crippen LogP contribution in [0.2, 0.25) is 0 Å². The Bertz CT molecular complexity index is 3850. The number of piperidine rings is 2. The van der Waals surface area contributed by atoms with E-state index in [1.165, 1.54) is 0 Å². The van der Waals surface area contributed by atoms with E-state index >= 15 is 0 Å². The number of H-pyrrole nitrogens is 2. The van der Waals surface area contributed by atoms with Crippen molar-refractivity contribution in [3.8, 4) is 0 Å². The predicted molar refractivity (Wildman–Crippen MR) is 336 cm³/mol.